The van der Waals surface area contributed by atoms with Gasteiger partial charge in [0.05, 0.1) is 41.4 Å². The summed E-state index contributed by atoms with van der Waals surface area (Å²) in [5.41, 5.74) is 3.66. The Kier molecular flexibility index (Phi) is 19.5. The van der Waals surface area contributed by atoms with Crippen LogP contribution in [0.2, 0.25) is 0 Å². The van der Waals surface area contributed by atoms with E-state index in [1.807, 2.05) is 52.0 Å². The fourth-order valence-corrected chi connectivity index (χ4v) is 9.94. The quantitative estimate of drug-likeness (QED) is 0.0253. The van der Waals surface area contributed by atoms with Gasteiger partial charge in [-0.3, -0.25) is 29.0 Å². The highest BCUT2D eigenvalue weighted by Crippen LogP contribution is 2.48. The van der Waals surface area contributed by atoms with Crippen LogP contribution in [0.4, 0.5) is 20.2 Å². The molecule has 0 bridgehead atoms. The van der Waals surface area contributed by atoms with Gasteiger partial charge in [-0.25, -0.2) is 13.8 Å². The zero-order chi connectivity index (χ0) is 57.0. The lowest BCUT2D eigenvalue weighted by atomic mass is 9.85. The third-order valence-electron chi connectivity index (χ3n) is 13.8. The number of hydrogen-bond acceptors (Lipinski definition) is 14. The highest BCUT2D eigenvalue weighted by Gasteiger charge is 2.56. The maximum Gasteiger partial charge on any atom is 0.246 e. The van der Waals surface area contributed by atoms with Crippen LogP contribution in [0.5, 0.6) is 23.0 Å². The molecule has 1 aliphatic heterocycles. The Morgan fingerprint density at radius 2 is 1.48 bits per heavy atom. The molecule has 1 saturated carbocycles. The van der Waals surface area contributed by atoms with Crippen molar-refractivity contribution in [3.63, 3.8) is 0 Å². The topological polar surface area (TPSA) is 229 Å². The van der Waals surface area contributed by atoms with E-state index in [9.17, 15) is 33.5 Å². The number of nitrogens with zero attached hydrogens (tertiary/aromatic N) is 3. The summed E-state index contributed by atoms with van der Waals surface area (Å²) >= 11 is 1.56. The number of thiazole rings is 1. The van der Waals surface area contributed by atoms with Crippen LogP contribution in [0, 0.1) is 29.4 Å². The monoisotopic (exact) mass is 1120 g/mol. The maximum absolute atomic E-state index is 15.5. The maximum atomic E-state index is 15.5. The van der Waals surface area contributed by atoms with E-state index in [4.69, 9.17) is 23.7 Å². The predicted molar refractivity (Wildman–Crippen MR) is 297 cm³/mol. The number of unbranched alkanes of at least 4 members (excludes halogenated alkanes) is 2. The average Bonchev–Trinajstić information content (AvgIpc) is 4.03. The molecule has 5 N–H and O–H groups in total. The number of hydrogen-bond donors (Lipinski definition) is 5. The van der Waals surface area contributed by atoms with Gasteiger partial charge in [-0.2, -0.15) is 0 Å². The van der Waals surface area contributed by atoms with Crippen molar-refractivity contribution >= 4 is 63.2 Å². The van der Waals surface area contributed by atoms with Crippen molar-refractivity contribution in [3.05, 3.63) is 120 Å². The molecule has 1 aliphatic carbocycles. The van der Waals surface area contributed by atoms with Crippen LogP contribution < -0.4 is 35.5 Å². The van der Waals surface area contributed by atoms with E-state index in [0.717, 1.165) is 34.2 Å². The molecule has 3 atom stereocenters. The number of nitrogens with one attached hydrogen (secondary N) is 4. The van der Waals surface area contributed by atoms with E-state index < -0.39 is 64.3 Å². The van der Waals surface area contributed by atoms with E-state index in [1.54, 1.807) is 35.0 Å². The van der Waals surface area contributed by atoms with Crippen molar-refractivity contribution in [2.24, 2.45) is 10.8 Å². The van der Waals surface area contributed by atoms with Gasteiger partial charge >= 0.3 is 0 Å². The molecule has 0 radical (unpaired) electrons. The summed E-state index contributed by atoms with van der Waals surface area (Å²) < 4.78 is 57.9. The number of aryl methyl sites for hydroxylation is 1. The lowest BCUT2D eigenvalue weighted by Crippen LogP contribution is -2.58. The Morgan fingerprint density at radius 3 is 2.12 bits per heavy atom. The van der Waals surface area contributed by atoms with E-state index in [2.05, 4.69) is 31.2 Å². The minimum atomic E-state index is -1.32. The molecule has 2 aromatic heterocycles. The molecule has 80 heavy (non-hydrogen) atoms. The average molecular weight is 1120 g/mol. The SMILES string of the molecule is COc1cc2c(Oc3ccc(NC(=O)C4(C(=O)Nc5ccc(F)cc5)CC4)cc3F)ccnc2cc1OCCCCOCCCCOCC(=O)N[C@H](C(=O)N1C[C@H](O)C[C@H]1C(=O)NCc1ccc(-c2scnc2C)cc1)C(C)(C)C. The number of anilines is 2. The number of aromatic nitrogens is 2. The smallest absolute Gasteiger partial charge is 0.246 e. The number of aliphatic hydroxyl groups excluding tert-OH is 1. The van der Waals surface area contributed by atoms with E-state index in [0.29, 0.717) is 92.4 Å². The van der Waals surface area contributed by atoms with Crippen LogP contribution >= 0.6 is 11.3 Å². The summed E-state index contributed by atoms with van der Waals surface area (Å²) in [6.07, 6.45) is 4.10. The normalized spacial score (nSPS) is 15.9. The van der Waals surface area contributed by atoms with Crippen LogP contribution in [-0.4, -0.2) is 114 Å². The Labute approximate surface area is 466 Å². The fourth-order valence-electron chi connectivity index (χ4n) is 9.13. The number of pyridine rings is 1. The summed E-state index contributed by atoms with van der Waals surface area (Å²) in [4.78, 5) is 77.9. The van der Waals surface area contributed by atoms with Gasteiger partial charge in [0, 0.05) is 74.4 Å². The molecular formula is C59H67F2N7O11S. The lowest BCUT2D eigenvalue weighted by molar-refractivity contribution is -0.144. The number of carbonyl (C=O) groups is 5. The Balaban J connectivity index is 0.708. The molecule has 0 spiro atoms. The van der Waals surface area contributed by atoms with Gasteiger partial charge in [-0.05, 0) is 111 Å². The first-order valence-corrected chi connectivity index (χ1v) is 27.5. The Bertz CT molecular complexity index is 3150. The van der Waals surface area contributed by atoms with Crippen molar-refractivity contribution in [1.29, 1.82) is 0 Å². The van der Waals surface area contributed by atoms with E-state index >= 15 is 4.39 Å². The number of amides is 5. The predicted octanol–water partition coefficient (Wildman–Crippen LogP) is 8.88. The van der Waals surface area contributed by atoms with Crippen molar-refractivity contribution in [2.75, 3.05) is 57.3 Å². The van der Waals surface area contributed by atoms with Crippen LogP contribution in [0.15, 0.2) is 96.6 Å². The van der Waals surface area contributed by atoms with E-state index in [-0.39, 0.29) is 43.5 Å². The standard InChI is InChI=1S/C59H67F2N7O11S/c1-36-52(80-35-64-36)38-12-10-37(11-13-38)32-63-54(71)46-29-42(69)33-68(46)55(72)53(58(2,3)4)67-51(70)34-77-26-7-6-24-76-25-8-9-27-78-50-31-45-43(30-49(50)75-5)47(20-23-62-45)79-48-19-18-41(28-44(48)61)66-57(74)59(21-22-59)56(73)65-40-16-14-39(60)15-17-40/h10-20,23,28,30-31,35,42,46,53,69H,6-9,21-22,24-27,29,32-34H2,1-5H3,(H,63,71)(H,65,73)(H,66,74)(H,67,70)/t42-,46+,53-/m1/s1. The van der Waals surface area contributed by atoms with Crippen LogP contribution in [-0.2, 0) is 40.0 Å². The number of benzene rings is 4. The van der Waals surface area contributed by atoms with Gasteiger partial charge < -0.3 is 55.0 Å². The number of methoxy groups -OCH3 is 1. The third kappa shape index (κ3) is 15.0. The van der Waals surface area contributed by atoms with Gasteiger partial charge in [0.2, 0.25) is 29.5 Å². The Hall–Kier alpha value is -7.59. The van der Waals surface area contributed by atoms with Gasteiger partial charge in [0.25, 0.3) is 0 Å². The number of carbonyl (C=O) groups excluding carboxylic acids is 5. The molecule has 0 unspecified atom stereocenters. The molecule has 2 aliphatic rings. The Morgan fingerprint density at radius 1 is 0.800 bits per heavy atom. The third-order valence-corrected chi connectivity index (χ3v) is 14.8. The van der Waals surface area contributed by atoms with Crippen LogP contribution in [0.3, 0.4) is 0 Å². The largest absolute Gasteiger partial charge is 0.493 e. The van der Waals surface area contributed by atoms with Crippen molar-refractivity contribution in [3.8, 4) is 33.4 Å². The zero-order valence-corrected chi connectivity index (χ0v) is 46.2. The number of rotatable bonds is 26. The van der Waals surface area contributed by atoms with Gasteiger partial charge in [0.15, 0.2) is 23.1 Å². The van der Waals surface area contributed by atoms with Gasteiger partial charge in [-0.1, -0.05) is 45.0 Å². The van der Waals surface area contributed by atoms with Crippen LogP contribution in [0.25, 0.3) is 21.3 Å². The molecule has 2 fully saturated rings. The molecule has 18 nitrogen and oxygen atoms in total. The summed E-state index contributed by atoms with van der Waals surface area (Å²) in [7, 11) is 1.50. The molecule has 1 saturated heterocycles. The minimum absolute atomic E-state index is 0.0269. The summed E-state index contributed by atoms with van der Waals surface area (Å²) in [6.45, 7) is 9.08. The van der Waals surface area contributed by atoms with Crippen molar-refractivity contribution in [2.45, 2.75) is 97.4 Å². The highest BCUT2D eigenvalue weighted by atomic mass is 32.1. The molecule has 21 heteroatoms. The zero-order valence-electron chi connectivity index (χ0n) is 45.4. The number of fused-ring (bicyclic) bond motifs is 1. The lowest BCUT2D eigenvalue weighted by Gasteiger charge is -2.35. The first-order chi connectivity index (χ1) is 38.4. The number of likely N-dealkylation sites (tertiary alicyclic amines) is 1. The molecule has 3 heterocycles. The molecule has 8 rings (SSSR count). The first kappa shape index (κ1) is 58.6. The number of ether oxygens (including phenoxy) is 5. The molecule has 5 amide bonds. The molecule has 6 aromatic rings. The van der Waals surface area contributed by atoms with Crippen LogP contribution in [0.1, 0.15) is 77.0 Å². The summed E-state index contributed by atoms with van der Waals surface area (Å²) in [5, 5.41) is 22.1. The fraction of sp³-hybridized carbons (Fsp3) is 0.407. The second kappa shape index (κ2) is 26.6. The number of aliphatic hydroxyl groups is 1. The number of β-amino-alcohol motifs (C(OH)–C–C–N with tert-alkyl or cyclic N) is 1. The molecule has 424 valence electrons. The van der Waals surface area contributed by atoms with E-state index in [1.165, 1.54) is 54.6 Å². The molecular weight excluding hydrogens is 1050 g/mol. The first-order valence-electron chi connectivity index (χ1n) is 26.6. The second-order valence-corrected chi connectivity index (χ2v) is 21.8. The minimum Gasteiger partial charge on any atom is -0.493 e. The highest BCUT2D eigenvalue weighted by molar-refractivity contribution is 7.13. The van der Waals surface area contributed by atoms with Gasteiger partial charge in [-0.15, -0.1) is 11.3 Å². The van der Waals surface area contributed by atoms with Crippen molar-refractivity contribution in [1.82, 2.24) is 25.5 Å². The van der Waals surface area contributed by atoms with Crippen molar-refractivity contribution < 1.29 is 61.5 Å². The van der Waals surface area contributed by atoms with Gasteiger partial charge in [0.1, 0.15) is 35.7 Å². The second-order valence-electron chi connectivity index (χ2n) is 20.9. The summed E-state index contributed by atoms with van der Waals surface area (Å²) in [5.74, 6) is -2.55. The number of halogens is 2. The molecule has 4 aromatic carbocycles. The summed E-state index contributed by atoms with van der Waals surface area (Å²) in [6, 6.07) is 20.1.